The number of likely N-dealkylation sites (tertiary alicyclic amines) is 1. The quantitative estimate of drug-likeness (QED) is 0.864. The Balaban J connectivity index is 1.76. The van der Waals surface area contributed by atoms with Crippen LogP contribution in [0, 0.1) is 5.82 Å². The molecule has 5 nitrogen and oxygen atoms in total. The maximum absolute atomic E-state index is 13.1. The summed E-state index contributed by atoms with van der Waals surface area (Å²) in [6, 6.07) is 5.89. The second-order valence-electron chi connectivity index (χ2n) is 5.64. The minimum absolute atomic E-state index is 0.0347. The van der Waals surface area contributed by atoms with E-state index >= 15 is 0 Å². The van der Waals surface area contributed by atoms with E-state index < -0.39 is 0 Å². The van der Waals surface area contributed by atoms with Crippen molar-refractivity contribution in [3.63, 3.8) is 0 Å². The van der Waals surface area contributed by atoms with E-state index in [1.165, 1.54) is 12.1 Å². The summed E-state index contributed by atoms with van der Waals surface area (Å²) in [5.41, 5.74) is 0.587. The van der Waals surface area contributed by atoms with E-state index in [-0.39, 0.29) is 36.7 Å². The zero-order valence-corrected chi connectivity index (χ0v) is 13.4. The molecule has 1 fully saturated rings. The van der Waals surface area contributed by atoms with Crippen molar-refractivity contribution in [1.82, 2.24) is 10.2 Å². The van der Waals surface area contributed by atoms with E-state index in [0.717, 1.165) is 12.8 Å². The molecule has 0 radical (unpaired) electrons. The van der Waals surface area contributed by atoms with Gasteiger partial charge in [-0.3, -0.25) is 9.59 Å². The van der Waals surface area contributed by atoms with Crippen LogP contribution in [0.5, 0.6) is 0 Å². The number of hydrogen-bond acceptors (Lipinski definition) is 3. The molecule has 6 heteroatoms. The Hall–Kier alpha value is -1.95. The molecule has 1 aliphatic rings. The SMILES string of the molecule is CCOC1CCCN(C(=O)CNC(=O)Cc2cccc(F)c2)C1. The number of piperidine rings is 1. The van der Waals surface area contributed by atoms with Crippen molar-refractivity contribution >= 4 is 11.8 Å². The van der Waals surface area contributed by atoms with Crippen molar-refractivity contribution in [2.75, 3.05) is 26.2 Å². The van der Waals surface area contributed by atoms with E-state index in [2.05, 4.69) is 5.32 Å². The third-order valence-electron chi connectivity index (χ3n) is 3.82. The second-order valence-corrected chi connectivity index (χ2v) is 5.64. The number of nitrogens with one attached hydrogen (secondary N) is 1. The molecule has 0 bridgehead atoms. The summed E-state index contributed by atoms with van der Waals surface area (Å²) in [5, 5.41) is 2.60. The predicted molar refractivity (Wildman–Crippen MR) is 84.3 cm³/mol. The smallest absolute Gasteiger partial charge is 0.242 e. The zero-order valence-electron chi connectivity index (χ0n) is 13.4. The lowest BCUT2D eigenvalue weighted by molar-refractivity contribution is -0.136. The van der Waals surface area contributed by atoms with Crippen LogP contribution < -0.4 is 5.32 Å². The fourth-order valence-corrected chi connectivity index (χ4v) is 2.72. The van der Waals surface area contributed by atoms with E-state index in [4.69, 9.17) is 4.74 Å². The zero-order chi connectivity index (χ0) is 16.7. The highest BCUT2D eigenvalue weighted by Crippen LogP contribution is 2.13. The molecule has 0 aliphatic carbocycles. The predicted octanol–water partition coefficient (Wildman–Crippen LogP) is 1.51. The fraction of sp³-hybridized carbons (Fsp3) is 0.529. The van der Waals surface area contributed by atoms with Gasteiger partial charge in [-0.15, -0.1) is 0 Å². The number of halogens is 1. The molecule has 1 atom stereocenters. The Morgan fingerprint density at radius 3 is 3.00 bits per heavy atom. The van der Waals surface area contributed by atoms with Crippen LogP contribution in [0.4, 0.5) is 4.39 Å². The van der Waals surface area contributed by atoms with Gasteiger partial charge in [0.15, 0.2) is 0 Å². The Bertz CT molecular complexity index is 548. The lowest BCUT2D eigenvalue weighted by Gasteiger charge is -2.32. The number of carbonyl (C=O) groups is 2. The van der Waals surface area contributed by atoms with Crippen LogP contribution in [0.25, 0.3) is 0 Å². The van der Waals surface area contributed by atoms with Gasteiger partial charge in [0.1, 0.15) is 5.82 Å². The largest absolute Gasteiger partial charge is 0.377 e. The average molecular weight is 322 g/mol. The Morgan fingerprint density at radius 2 is 2.26 bits per heavy atom. The van der Waals surface area contributed by atoms with E-state index in [1.807, 2.05) is 6.92 Å². The molecular weight excluding hydrogens is 299 g/mol. The van der Waals surface area contributed by atoms with Gasteiger partial charge in [-0.2, -0.15) is 0 Å². The summed E-state index contributed by atoms with van der Waals surface area (Å²) in [4.78, 5) is 25.7. The molecule has 23 heavy (non-hydrogen) atoms. The summed E-state index contributed by atoms with van der Waals surface area (Å²) in [7, 11) is 0. The van der Waals surface area contributed by atoms with Crippen molar-refractivity contribution in [2.24, 2.45) is 0 Å². The molecule has 1 saturated heterocycles. The summed E-state index contributed by atoms with van der Waals surface area (Å²) >= 11 is 0. The summed E-state index contributed by atoms with van der Waals surface area (Å²) in [6.45, 7) is 3.81. The van der Waals surface area contributed by atoms with Gasteiger partial charge in [0.2, 0.25) is 11.8 Å². The first-order valence-corrected chi connectivity index (χ1v) is 7.99. The first-order chi connectivity index (χ1) is 11.1. The Labute approximate surface area is 135 Å². The molecular formula is C17H23FN2O3. The van der Waals surface area contributed by atoms with Gasteiger partial charge < -0.3 is 15.0 Å². The molecule has 1 aliphatic heterocycles. The van der Waals surface area contributed by atoms with Crippen LogP contribution in [-0.4, -0.2) is 49.1 Å². The summed E-state index contributed by atoms with van der Waals surface area (Å²) < 4.78 is 18.6. The van der Waals surface area contributed by atoms with Crippen LogP contribution in [0.1, 0.15) is 25.3 Å². The number of rotatable bonds is 6. The Kier molecular flexibility index (Phi) is 6.52. The molecule has 1 aromatic carbocycles. The van der Waals surface area contributed by atoms with E-state index in [1.54, 1.807) is 17.0 Å². The van der Waals surface area contributed by atoms with Crippen LogP contribution in [-0.2, 0) is 20.7 Å². The normalized spacial score (nSPS) is 17.8. The highest BCUT2D eigenvalue weighted by molar-refractivity contribution is 5.85. The molecule has 2 amide bonds. The second kappa shape index (κ2) is 8.62. The van der Waals surface area contributed by atoms with Crippen LogP contribution in [0.15, 0.2) is 24.3 Å². The minimum atomic E-state index is -0.373. The van der Waals surface area contributed by atoms with Crippen molar-refractivity contribution < 1.29 is 18.7 Å². The van der Waals surface area contributed by atoms with Gasteiger partial charge in [0.25, 0.3) is 0 Å². The summed E-state index contributed by atoms with van der Waals surface area (Å²) in [6.07, 6.45) is 2.02. The number of nitrogens with zero attached hydrogens (tertiary/aromatic N) is 1. The van der Waals surface area contributed by atoms with E-state index in [9.17, 15) is 14.0 Å². The number of hydrogen-bond donors (Lipinski definition) is 1. The van der Waals surface area contributed by atoms with Crippen LogP contribution >= 0.6 is 0 Å². The lowest BCUT2D eigenvalue weighted by Crippen LogP contribution is -2.47. The average Bonchev–Trinajstić information content (AvgIpc) is 2.53. The Morgan fingerprint density at radius 1 is 1.43 bits per heavy atom. The van der Waals surface area contributed by atoms with Gasteiger partial charge in [-0.1, -0.05) is 12.1 Å². The molecule has 126 valence electrons. The van der Waals surface area contributed by atoms with Crippen molar-refractivity contribution in [3.05, 3.63) is 35.6 Å². The number of ether oxygens (including phenoxy) is 1. The molecule has 1 heterocycles. The van der Waals surface area contributed by atoms with Gasteiger partial charge in [0.05, 0.1) is 19.1 Å². The fourth-order valence-electron chi connectivity index (χ4n) is 2.72. The van der Waals surface area contributed by atoms with Gasteiger partial charge in [-0.05, 0) is 37.5 Å². The first-order valence-electron chi connectivity index (χ1n) is 7.99. The topological polar surface area (TPSA) is 58.6 Å². The van der Waals surface area contributed by atoms with Gasteiger partial charge in [-0.25, -0.2) is 4.39 Å². The first kappa shape index (κ1) is 17.4. The van der Waals surface area contributed by atoms with Crippen molar-refractivity contribution in [1.29, 1.82) is 0 Å². The molecule has 1 aromatic rings. The minimum Gasteiger partial charge on any atom is -0.377 e. The molecule has 2 rings (SSSR count). The van der Waals surface area contributed by atoms with E-state index in [0.29, 0.717) is 25.3 Å². The highest BCUT2D eigenvalue weighted by atomic mass is 19.1. The van der Waals surface area contributed by atoms with Crippen molar-refractivity contribution in [2.45, 2.75) is 32.3 Å². The van der Waals surface area contributed by atoms with Crippen LogP contribution in [0.3, 0.4) is 0 Å². The maximum Gasteiger partial charge on any atom is 0.242 e. The standard InChI is InChI=1S/C17H23FN2O3/c1-2-23-15-7-4-8-20(12-15)17(22)11-19-16(21)10-13-5-3-6-14(18)9-13/h3,5-6,9,15H,2,4,7-8,10-12H2,1H3,(H,19,21). The molecule has 0 saturated carbocycles. The van der Waals surface area contributed by atoms with Crippen LogP contribution in [0.2, 0.25) is 0 Å². The third kappa shape index (κ3) is 5.63. The monoisotopic (exact) mass is 322 g/mol. The summed E-state index contributed by atoms with van der Waals surface area (Å²) in [5.74, 6) is -0.772. The third-order valence-corrected chi connectivity index (χ3v) is 3.82. The van der Waals surface area contributed by atoms with Crippen molar-refractivity contribution in [3.8, 4) is 0 Å². The molecule has 0 spiro atoms. The van der Waals surface area contributed by atoms with Gasteiger partial charge in [0, 0.05) is 19.7 Å². The maximum atomic E-state index is 13.1. The molecule has 0 aromatic heterocycles. The lowest BCUT2D eigenvalue weighted by atomic mass is 10.1. The molecule has 1 unspecified atom stereocenters. The number of amides is 2. The highest BCUT2D eigenvalue weighted by Gasteiger charge is 2.23. The van der Waals surface area contributed by atoms with Gasteiger partial charge >= 0.3 is 0 Å². The molecule has 1 N–H and O–H groups in total. The number of carbonyl (C=O) groups excluding carboxylic acids is 2. The number of benzene rings is 1.